The second-order valence-corrected chi connectivity index (χ2v) is 7.06. The van der Waals surface area contributed by atoms with Gasteiger partial charge in [0, 0.05) is 25.8 Å². The van der Waals surface area contributed by atoms with Crippen molar-refractivity contribution in [2.75, 3.05) is 29.4 Å². The van der Waals surface area contributed by atoms with E-state index in [0.29, 0.717) is 5.02 Å². The fourth-order valence-corrected chi connectivity index (χ4v) is 4.21. The van der Waals surface area contributed by atoms with E-state index in [1.54, 1.807) is 0 Å². The van der Waals surface area contributed by atoms with Crippen LogP contribution in [0.4, 0.5) is 11.5 Å². The molecular formula is C19H20ClN3O. The third-order valence-electron chi connectivity index (χ3n) is 5.21. The lowest BCUT2D eigenvalue weighted by Crippen LogP contribution is -2.48. The van der Waals surface area contributed by atoms with Crippen molar-refractivity contribution in [3.8, 4) is 0 Å². The van der Waals surface area contributed by atoms with Crippen LogP contribution >= 0.6 is 11.6 Å². The minimum absolute atomic E-state index is 0.205. The Balaban J connectivity index is 1.60. The van der Waals surface area contributed by atoms with Gasteiger partial charge in [-0.2, -0.15) is 0 Å². The number of anilines is 2. The predicted octanol–water partition coefficient (Wildman–Crippen LogP) is 3.76. The molecule has 2 aliphatic heterocycles. The molecule has 4 nitrogen and oxygen atoms in total. The first-order valence-electron chi connectivity index (χ1n) is 8.42. The van der Waals surface area contributed by atoms with Gasteiger partial charge in [-0.05, 0) is 43.5 Å². The van der Waals surface area contributed by atoms with Crippen LogP contribution in [0, 0.1) is 5.41 Å². The number of halogens is 1. The fraction of sp³-hybridized carbons (Fsp3) is 0.368. The second-order valence-electron chi connectivity index (χ2n) is 6.65. The number of hydrogen-bond acceptors (Lipinski definition) is 3. The molecule has 0 unspecified atom stereocenters. The molecule has 0 radical (unpaired) electrons. The van der Waals surface area contributed by atoms with Crippen molar-refractivity contribution < 1.29 is 4.79 Å². The van der Waals surface area contributed by atoms with Gasteiger partial charge in [0.2, 0.25) is 5.91 Å². The van der Waals surface area contributed by atoms with E-state index in [2.05, 4.69) is 9.88 Å². The number of nitrogens with zero attached hydrogens (tertiary/aromatic N) is 3. The average Bonchev–Trinajstić information content (AvgIpc) is 2.92. The molecule has 0 bridgehead atoms. The molecule has 0 aliphatic carbocycles. The number of pyridine rings is 1. The Morgan fingerprint density at radius 1 is 1.04 bits per heavy atom. The summed E-state index contributed by atoms with van der Waals surface area (Å²) in [5, 5.41) is 0.639. The zero-order chi connectivity index (χ0) is 16.6. The maximum absolute atomic E-state index is 13.2. The molecule has 0 N–H and O–H groups in total. The standard InChI is InChI=1S/C19H20ClN3O/c20-15-6-1-2-7-16(15)23-13-10-19(18(23)24)9-5-12-22(14-19)17-8-3-4-11-21-17/h1-4,6-8,11H,5,9-10,12-14H2/t19-/m1/s1. The van der Waals surface area contributed by atoms with Crippen LogP contribution in [0.2, 0.25) is 5.02 Å². The van der Waals surface area contributed by atoms with Crippen LogP contribution in [-0.4, -0.2) is 30.5 Å². The fourth-order valence-electron chi connectivity index (χ4n) is 3.97. The Kier molecular flexibility index (Phi) is 3.93. The summed E-state index contributed by atoms with van der Waals surface area (Å²) in [4.78, 5) is 21.8. The quantitative estimate of drug-likeness (QED) is 0.834. The van der Waals surface area contributed by atoms with Gasteiger partial charge in [-0.25, -0.2) is 4.98 Å². The summed E-state index contributed by atoms with van der Waals surface area (Å²) in [7, 11) is 0. The van der Waals surface area contributed by atoms with Crippen LogP contribution in [0.3, 0.4) is 0 Å². The summed E-state index contributed by atoms with van der Waals surface area (Å²) in [6.07, 6.45) is 4.64. The molecule has 5 heteroatoms. The molecule has 4 rings (SSSR count). The summed E-state index contributed by atoms with van der Waals surface area (Å²) in [6.45, 7) is 2.43. The van der Waals surface area contributed by atoms with E-state index in [1.807, 2.05) is 53.6 Å². The molecule has 1 aromatic carbocycles. The molecule has 24 heavy (non-hydrogen) atoms. The number of benzene rings is 1. The highest BCUT2D eigenvalue weighted by Crippen LogP contribution is 2.43. The summed E-state index contributed by atoms with van der Waals surface area (Å²) in [5.41, 5.74) is 0.519. The van der Waals surface area contributed by atoms with Gasteiger partial charge in [-0.15, -0.1) is 0 Å². The summed E-state index contributed by atoms with van der Waals surface area (Å²) < 4.78 is 0. The first-order valence-corrected chi connectivity index (χ1v) is 8.80. The van der Waals surface area contributed by atoms with Gasteiger partial charge < -0.3 is 9.80 Å². The van der Waals surface area contributed by atoms with Crippen molar-refractivity contribution in [2.45, 2.75) is 19.3 Å². The first-order chi connectivity index (χ1) is 11.7. The van der Waals surface area contributed by atoms with Crippen LogP contribution in [-0.2, 0) is 4.79 Å². The number of hydrogen-bond donors (Lipinski definition) is 0. The topological polar surface area (TPSA) is 36.4 Å². The number of carbonyl (C=O) groups is 1. The van der Waals surface area contributed by atoms with Crippen molar-refractivity contribution in [3.05, 3.63) is 53.7 Å². The summed E-state index contributed by atoms with van der Waals surface area (Å²) in [6, 6.07) is 13.5. The number of piperidine rings is 1. The van der Waals surface area contributed by atoms with Crippen molar-refractivity contribution >= 4 is 29.0 Å². The number of para-hydroxylation sites is 1. The number of rotatable bonds is 2. The molecule has 2 fully saturated rings. The van der Waals surface area contributed by atoms with Gasteiger partial charge in [0.25, 0.3) is 0 Å². The van der Waals surface area contributed by atoms with E-state index in [4.69, 9.17) is 11.6 Å². The lowest BCUT2D eigenvalue weighted by Gasteiger charge is -2.39. The Morgan fingerprint density at radius 3 is 2.67 bits per heavy atom. The maximum Gasteiger partial charge on any atom is 0.235 e. The highest BCUT2D eigenvalue weighted by molar-refractivity contribution is 6.34. The van der Waals surface area contributed by atoms with E-state index in [9.17, 15) is 4.79 Å². The third-order valence-corrected chi connectivity index (χ3v) is 5.53. The first kappa shape index (κ1) is 15.5. The molecule has 0 saturated carbocycles. The van der Waals surface area contributed by atoms with Gasteiger partial charge in [-0.1, -0.05) is 29.8 Å². The highest BCUT2D eigenvalue weighted by atomic mass is 35.5. The van der Waals surface area contributed by atoms with E-state index in [0.717, 1.165) is 50.4 Å². The average molecular weight is 342 g/mol. The minimum Gasteiger partial charge on any atom is -0.356 e. The zero-order valence-corrected chi connectivity index (χ0v) is 14.2. The molecular weight excluding hydrogens is 322 g/mol. The second kappa shape index (κ2) is 6.10. The molecule has 1 amide bonds. The predicted molar refractivity (Wildman–Crippen MR) is 96.5 cm³/mol. The van der Waals surface area contributed by atoms with E-state index in [-0.39, 0.29) is 11.3 Å². The van der Waals surface area contributed by atoms with Crippen molar-refractivity contribution in [3.63, 3.8) is 0 Å². The van der Waals surface area contributed by atoms with E-state index in [1.165, 1.54) is 0 Å². The highest BCUT2D eigenvalue weighted by Gasteiger charge is 2.49. The molecule has 1 spiro atoms. The molecule has 2 aromatic rings. The van der Waals surface area contributed by atoms with Gasteiger partial charge in [0.1, 0.15) is 5.82 Å². The van der Waals surface area contributed by atoms with Crippen LogP contribution in [0.15, 0.2) is 48.7 Å². The number of aromatic nitrogens is 1. The lowest BCUT2D eigenvalue weighted by atomic mass is 9.78. The zero-order valence-electron chi connectivity index (χ0n) is 13.5. The Hall–Kier alpha value is -2.07. The molecule has 1 atom stereocenters. The van der Waals surface area contributed by atoms with Gasteiger partial charge in [-0.3, -0.25) is 4.79 Å². The van der Waals surface area contributed by atoms with Crippen LogP contribution in [0.25, 0.3) is 0 Å². The summed E-state index contributed by atoms with van der Waals surface area (Å²) >= 11 is 6.31. The molecule has 2 aliphatic rings. The SMILES string of the molecule is O=C1N(c2ccccc2Cl)CC[C@@]12CCCN(c1ccccn1)C2. The largest absolute Gasteiger partial charge is 0.356 e. The van der Waals surface area contributed by atoms with Gasteiger partial charge in [0.15, 0.2) is 0 Å². The minimum atomic E-state index is -0.311. The smallest absolute Gasteiger partial charge is 0.235 e. The van der Waals surface area contributed by atoms with Gasteiger partial charge >= 0.3 is 0 Å². The van der Waals surface area contributed by atoms with Crippen molar-refractivity contribution in [2.24, 2.45) is 5.41 Å². The van der Waals surface area contributed by atoms with Gasteiger partial charge in [0.05, 0.1) is 16.1 Å². The maximum atomic E-state index is 13.2. The monoisotopic (exact) mass is 341 g/mol. The Morgan fingerprint density at radius 2 is 1.88 bits per heavy atom. The van der Waals surface area contributed by atoms with E-state index >= 15 is 0 Å². The normalized spacial score (nSPS) is 24.0. The molecule has 2 saturated heterocycles. The number of amides is 1. The Bertz CT molecular complexity index is 751. The number of carbonyl (C=O) groups excluding carboxylic acids is 1. The van der Waals surface area contributed by atoms with E-state index < -0.39 is 0 Å². The van der Waals surface area contributed by atoms with Crippen molar-refractivity contribution in [1.82, 2.24) is 4.98 Å². The lowest BCUT2D eigenvalue weighted by molar-refractivity contribution is -0.126. The molecule has 124 valence electrons. The third kappa shape index (κ3) is 2.55. The Labute approximate surface area is 147 Å². The van der Waals surface area contributed by atoms with Crippen molar-refractivity contribution in [1.29, 1.82) is 0 Å². The summed E-state index contributed by atoms with van der Waals surface area (Å²) in [5.74, 6) is 1.16. The van der Waals surface area contributed by atoms with Crippen LogP contribution in [0.1, 0.15) is 19.3 Å². The molecule has 1 aromatic heterocycles. The molecule has 3 heterocycles. The van der Waals surface area contributed by atoms with Crippen LogP contribution < -0.4 is 9.80 Å². The van der Waals surface area contributed by atoms with Crippen LogP contribution in [0.5, 0.6) is 0 Å².